The standard InChI is InChI=1S/C16H27N3O2/c1-19(8-10-21-13-14-3-4-14)16-6-5-15(12-18-16)11-17-7-9-20-2/h5-6,12,14,17H,3-4,7-11,13H2,1-2H3. The zero-order valence-corrected chi connectivity index (χ0v) is 13.2. The number of likely N-dealkylation sites (N-methyl/N-ethyl adjacent to an activating group) is 1. The van der Waals surface area contributed by atoms with E-state index in [0.29, 0.717) is 0 Å². The van der Waals surface area contributed by atoms with Crippen LogP contribution in [0.4, 0.5) is 5.82 Å². The Bertz CT molecular complexity index is 393. The van der Waals surface area contributed by atoms with Gasteiger partial charge in [0.05, 0.1) is 13.2 Å². The lowest BCUT2D eigenvalue weighted by molar-refractivity contribution is 0.131. The molecule has 0 aliphatic heterocycles. The second-order valence-corrected chi connectivity index (χ2v) is 5.63. The molecule has 118 valence electrons. The van der Waals surface area contributed by atoms with Crippen LogP contribution in [0.15, 0.2) is 18.3 Å². The zero-order chi connectivity index (χ0) is 14.9. The van der Waals surface area contributed by atoms with E-state index in [-0.39, 0.29) is 0 Å². The molecule has 1 fully saturated rings. The van der Waals surface area contributed by atoms with Gasteiger partial charge in [-0.2, -0.15) is 0 Å². The van der Waals surface area contributed by atoms with Crippen molar-refractivity contribution in [2.24, 2.45) is 5.92 Å². The Kier molecular flexibility index (Phi) is 6.92. The van der Waals surface area contributed by atoms with Crippen LogP contribution in [0, 0.1) is 5.92 Å². The summed E-state index contributed by atoms with van der Waals surface area (Å²) in [6.07, 6.45) is 4.62. The van der Waals surface area contributed by atoms with Crippen LogP contribution in [0.2, 0.25) is 0 Å². The van der Waals surface area contributed by atoms with Gasteiger partial charge in [-0.05, 0) is 30.4 Å². The number of pyridine rings is 1. The molecule has 0 amide bonds. The van der Waals surface area contributed by atoms with E-state index in [2.05, 4.69) is 34.4 Å². The number of hydrogen-bond donors (Lipinski definition) is 1. The average Bonchev–Trinajstić information content (AvgIpc) is 3.33. The Labute approximate surface area is 127 Å². The molecule has 0 spiro atoms. The molecule has 0 aromatic carbocycles. The summed E-state index contributed by atoms with van der Waals surface area (Å²) in [6.45, 7) is 4.99. The summed E-state index contributed by atoms with van der Waals surface area (Å²) in [6, 6.07) is 4.18. The molecule has 1 saturated carbocycles. The van der Waals surface area contributed by atoms with Gasteiger partial charge in [0.25, 0.3) is 0 Å². The summed E-state index contributed by atoms with van der Waals surface area (Å²) >= 11 is 0. The first-order chi connectivity index (χ1) is 10.3. The summed E-state index contributed by atoms with van der Waals surface area (Å²) < 4.78 is 10.7. The predicted molar refractivity (Wildman–Crippen MR) is 84.6 cm³/mol. The van der Waals surface area contributed by atoms with Crippen molar-refractivity contribution in [2.45, 2.75) is 19.4 Å². The highest BCUT2D eigenvalue weighted by Crippen LogP contribution is 2.28. The van der Waals surface area contributed by atoms with Crippen molar-refractivity contribution in [1.82, 2.24) is 10.3 Å². The third-order valence-electron chi connectivity index (χ3n) is 3.63. The quantitative estimate of drug-likeness (QED) is 0.629. The molecule has 5 heteroatoms. The Morgan fingerprint density at radius 1 is 1.33 bits per heavy atom. The highest BCUT2D eigenvalue weighted by atomic mass is 16.5. The van der Waals surface area contributed by atoms with Crippen LogP contribution in [0.3, 0.4) is 0 Å². The van der Waals surface area contributed by atoms with E-state index in [0.717, 1.165) is 51.2 Å². The minimum absolute atomic E-state index is 0.731. The average molecular weight is 293 g/mol. The van der Waals surface area contributed by atoms with Crippen LogP contribution in [0.1, 0.15) is 18.4 Å². The van der Waals surface area contributed by atoms with Gasteiger partial charge in [-0.15, -0.1) is 0 Å². The number of methoxy groups -OCH3 is 1. The number of rotatable bonds is 11. The van der Waals surface area contributed by atoms with Crippen molar-refractivity contribution >= 4 is 5.82 Å². The van der Waals surface area contributed by atoms with Crippen molar-refractivity contribution < 1.29 is 9.47 Å². The van der Waals surface area contributed by atoms with E-state index in [9.17, 15) is 0 Å². The van der Waals surface area contributed by atoms with Gasteiger partial charge in [-0.25, -0.2) is 4.98 Å². The lowest BCUT2D eigenvalue weighted by atomic mass is 10.2. The number of nitrogens with one attached hydrogen (secondary N) is 1. The smallest absolute Gasteiger partial charge is 0.128 e. The molecule has 1 heterocycles. The van der Waals surface area contributed by atoms with Crippen LogP contribution in [-0.2, 0) is 16.0 Å². The second-order valence-electron chi connectivity index (χ2n) is 5.63. The molecule has 21 heavy (non-hydrogen) atoms. The fourth-order valence-electron chi connectivity index (χ4n) is 2.00. The molecule has 5 nitrogen and oxygen atoms in total. The van der Waals surface area contributed by atoms with Crippen molar-refractivity contribution in [2.75, 3.05) is 52.0 Å². The van der Waals surface area contributed by atoms with E-state index in [4.69, 9.17) is 9.47 Å². The molecule has 1 N–H and O–H groups in total. The largest absolute Gasteiger partial charge is 0.383 e. The normalized spacial score (nSPS) is 14.4. The molecule has 0 radical (unpaired) electrons. The SMILES string of the molecule is COCCNCc1ccc(N(C)CCOCC2CC2)nc1. The first-order valence-electron chi connectivity index (χ1n) is 7.73. The number of nitrogens with zero attached hydrogens (tertiary/aromatic N) is 2. The number of hydrogen-bond acceptors (Lipinski definition) is 5. The first kappa shape index (κ1) is 16.2. The van der Waals surface area contributed by atoms with Crippen LogP contribution < -0.4 is 10.2 Å². The molecule has 0 bridgehead atoms. The van der Waals surface area contributed by atoms with Crippen molar-refractivity contribution in [3.63, 3.8) is 0 Å². The summed E-state index contributed by atoms with van der Waals surface area (Å²) in [5.74, 6) is 1.82. The Morgan fingerprint density at radius 2 is 2.19 bits per heavy atom. The topological polar surface area (TPSA) is 46.6 Å². The van der Waals surface area contributed by atoms with E-state index >= 15 is 0 Å². The molecular formula is C16H27N3O2. The lowest BCUT2D eigenvalue weighted by Crippen LogP contribution is -2.24. The van der Waals surface area contributed by atoms with Gasteiger partial charge >= 0.3 is 0 Å². The fourth-order valence-corrected chi connectivity index (χ4v) is 2.00. The van der Waals surface area contributed by atoms with Gasteiger partial charge in [0.2, 0.25) is 0 Å². The maximum atomic E-state index is 5.66. The second kappa shape index (κ2) is 8.97. The summed E-state index contributed by atoms with van der Waals surface area (Å²) in [7, 11) is 3.77. The lowest BCUT2D eigenvalue weighted by Gasteiger charge is -2.18. The van der Waals surface area contributed by atoms with E-state index < -0.39 is 0 Å². The monoisotopic (exact) mass is 293 g/mol. The molecule has 1 aliphatic rings. The third kappa shape index (κ3) is 6.42. The van der Waals surface area contributed by atoms with Gasteiger partial charge in [0, 0.05) is 46.6 Å². The molecule has 1 aromatic rings. The third-order valence-corrected chi connectivity index (χ3v) is 3.63. The molecule has 0 atom stereocenters. The first-order valence-corrected chi connectivity index (χ1v) is 7.73. The van der Waals surface area contributed by atoms with Gasteiger partial charge < -0.3 is 19.7 Å². The van der Waals surface area contributed by atoms with Gasteiger partial charge in [-0.3, -0.25) is 0 Å². The van der Waals surface area contributed by atoms with Gasteiger partial charge in [-0.1, -0.05) is 6.07 Å². The fraction of sp³-hybridized carbons (Fsp3) is 0.688. The van der Waals surface area contributed by atoms with E-state index in [1.165, 1.54) is 18.4 Å². The van der Waals surface area contributed by atoms with Crippen molar-refractivity contribution in [1.29, 1.82) is 0 Å². The zero-order valence-electron chi connectivity index (χ0n) is 13.2. The Balaban J connectivity index is 1.64. The molecule has 0 unspecified atom stereocenters. The van der Waals surface area contributed by atoms with E-state index in [1.54, 1.807) is 7.11 Å². The van der Waals surface area contributed by atoms with Crippen molar-refractivity contribution in [3.05, 3.63) is 23.9 Å². The summed E-state index contributed by atoms with van der Waals surface area (Å²) in [4.78, 5) is 6.64. The Hall–Kier alpha value is -1.17. The number of aromatic nitrogens is 1. The minimum atomic E-state index is 0.731. The van der Waals surface area contributed by atoms with Crippen LogP contribution in [-0.4, -0.2) is 52.1 Å². The molecule has 0 saturated heterocycles. The van der Waals surface area contributed by atoms with Gasteiger partial charge in [0.1, 0.15) is 5.82 Å². The number of ether oxygens (including phenoxy) is 2. The molecule has 1 aliphatic carbocycles. The predicted octanol–water partition coefficient (Wildman–Crippen LogP) is 1.68. The maximum absolute atomic E-state index is 5.66. The highest BCUT2D eigenvalue weighted by molar-refractivity contribution is 5.38. The van der Waals surface area contributed by atoms with Gasteiger partial charge in [0.15, 0.2) is 0 Å². The molecular weight excluding hydrogens is 266 g/mol. The van der Waals surface area contributed by atoms with Crippen molar-refractivity contribution in [3.8, 4) is 0 Å². The minimum Gasteiger partial charge on any atom is -0.383 e. The molecule has 2 rings (SSSR count). The highest BCUT2D eigenvalue weighted by Gasteiger charge is 2.20. The van der Waals surface area contributed by atoms with E-state index in [1.807, 2.05) is 6.20 Å². The number of anilines is 1. The molecule has 1 aromatic heterocycles. The summed E-state index contributed by atoms with van der Waals surface area (Å²) in [5.41, 5.74) is 1.19. The van der Waals surface area contributed by atoms with Crippen LogP contribution in [0.25, 0.3) is 0 Å². The summed E-state index contributed by atoms with van der Waals surface area (Å²) in [5, 5.41) is 3.31. The van der Waals surface area contributed by atoms with Crippen LogP contribution in [0.5, 0.6) is 0 Å². The Morgan fingerprint density at radius 3 is 2.86 bits per heavy atom. The van der Waals surface area contributed by atoms with Crippen LogP contribution >= 0.6 is 0 Å². The maximum Gasteiger partial charge on any atom is 0.128 e.